The average molecular weight is 329 g/mol. The van der Waals surface area contributed by atoms with Crippen LogP contribution in [-0.2, 0) is 20.2 Å². The van der Waals surface area contributed by atoms with E-state index in [0.29, 0.717) is 17.5 Å². The van der Waals surface area contributed by atoms with E-state index in [-0.39, 0.29) is 12.5 Å². The van der Waals surface area contributed by atoms with Crippen LogP contribution in [0.4, 0.5) is 0 Å². The molecule has 3 aromatic heterocycles. The Morgan fingerprint density at radius 1 is 1.25 bits per heavy atom. The third-order valence-corrected chi connectivity index (χ3v) is 4.35. The van der Waals surface area contributed by atoms with Crippen molar-refractivity contribution in [2.24, 2.45) is 7.05 Å². The molecule has 1 N–H and O–H groups in total. The number of furan rings is 1. The van der Waals surface area contributed by atoms with Crippen LogP contribution in [0, 0.1) is 0 Å². The first-order chi connectivity index (χ1) is 11.7. The minimum absolute atomic E-state index is 0.0681. The first-order valence-corrected chi connectivity index (χ1v) is 7.94. The zero-order valence-corrected chi connectivity index (χ0v) is 13.4. The lowest BCUT2D eigenvalue weighted by molar-refractivity contribution is 0.231. The maximum atomic E-state index is 9.06. The number of rotatable bonds is 5. The second-order valence-corrected chi connectivity index (χ2v) is 6.08. The van der Waals surface area contributed by atoms with Crippen LogP contribution in [0.5, 0.6) is 0 Å². The van der Waals surface area contributed by atoms with Crippen LogP contribution in [0.25, 0.3) is 11.6 Å². The smallest absolute Gasteiger partial charge is 0.265 e. The van der Waals surface area contributed by atoms with Crippen LogP contribution in [0.1, 0.15) is 29.7 Å². The van der Waals surface area contributed by atoms with Gasteiger partial charge in [0.05, 0.1) is 25.0 Å². The Kier molecular flexibility index (Phi) is 3.91. The fraction of sp³-hybridized carbons (Fsp3) is 0.438. The van der Waals surface area contributed by atoms with E-state index in [9.17, 15) is 0 Å². The summed E-state index contributed by atoms with van der Waals surface area (Å²) in [7, 11) is 1.90. The molecule has 0 aromatic carbocycles. The molecule has 0 unspecified atom stereocenters. The standard InChI is InChI=1S/C16H19N5O3/c1-20-10-17-6-14(20)16-19-18-15(24-16)11-4-5-21(7-11)8-12-2-3-13(9-22)23-12/h2-3,6,10-11,22H,4-5,7-9H2,1H3/t11-/m0/s1. The van der Waals surface area contributed by atoms with Crippen molar-refractivity contribution >= 4 is 0 Å². The molecular formula is C16H19N5O3. The largest absolute Gasteiger partial charge is 0.462 e. The van der Waals surface area contributed by atoms with Crippen molar-refractivity contribution in [3.63, 3.8) is 0 Å². The van der Waals surface area contributed by atoms with E-state index in [1.165, 1.54) is 0 Å². The molecule has 8 heteroatoms. The quantitative estimate of drug-likeness (QED) is 0.759. The van der Waals surface area contributed by atoms with Gasteiger partial charge < -0.3 is 18.5 Å². The van der Waals surface area contributed by atoms with Crippen LogP contribution in [0.3, 0.4) is 0 Å². The molecule has 0 aliphatic carbocycles. The van der Waals surface area contributed by atoms with Crippen LogP contribution in [-0.4, -0.2) is 42.8 Å². The van der Waals surface area contributed by atoms with Gasteiger partial charge in [0.2, 0.25) is 5.89 Å². The summed E-state index contributed by atoms with van der Waals surface area (Å²) < 4.78 is 13.3. The highest BCUT2D eigenvalue weighted by molar-refractivity contribution is 5.44. The molecule has 1 atom stereocenters. The molecule has 3 aromatic rings. The third kappa shape index (κ3) is 2.85. The predicted molar refractivity (Wildman–Crippen MR) is 83.8 cm³/mol. The van der Waals surface area contributed by atoms with Crippen LogP contribution in [0.2, 0.25) is 0 Å². The Morgan fingerprint density at radius 3 is 2.88 bits per heavy atom. The Balaban J connectivity index is 1.41. The van der Waals surface area contributed by atoms with Gasteiger partial charge in [0.15, 0.2) is 0 Å². The summed E-state index contributed by atoms with van der Waals surface area (Å²) in [5.41, 5.74) is 0.815. The van der Waals surface area contributed by atoms with Gasteiger partial charge >= 0.3 is 0 Å². The van der Waals surface area contributed by atoms with E-state index in [2.05, 4.69) is 20.1 Å². The van der Waals surface area contributed by atoms with Crippen LogP contribution in [0.15, 0.2) is 33.5 Å². The maximum Gasteiger partial charge on any atom is 0.265 e. The molecule has 1 saturated heterocycles. The predicted octanol–water partition coefficient (Wildman–Crippen LogP) is 1.54. The van der Waals surface area contributed by atoms with Crippen LogP contribution < -0.4 is 0 Å². The van der Waals surface area contributed by atoms with Gasteiger partial charge in [-0.3, -0.25) is 4.90 Å². The maximum absolute atomic E-state index is 9.06. The molecule has 0 spiro atoms. The molecule has 1 fully saturated rings. The summed E-state index contributed by atoms with van der Waals surface area (Å²) in [6.45, 7) is 2.45. The lowest BCUT2D eigenvalue weighted by Gasteiger charge is -2.13. The average Bonchev–Trinajstić information content (AvgIpc) is 3.33. The van der Waals surface area contributed by atoms with Gasteiger partial charge in [-0.1, -0.05) is 0 Å². The van der Waals surface area contributed by atoms with E-state index < -0.39 is 0 Å². The summed E-state index contributed by atoms with van der Waals surface area (Å²) in [6, 6.07) is 3.72. The monoisotopic (exact) mass is 329 g/mol. The third-order valence-electron chi connectivity index (χ3n) is 4.35. The number of aromatic nitrogens is 4. The minimum atomic E-state index is -0.0681. The van der Waals surface area contributed by atoms with Crippen molar-refractivity contribution in [1.82, 2.24) is 24.6 Å². The van der Waals surface area contributed by atoms with Gasteiger partial charge in [0.1, 0.15) is 23.8 Å². The van der Waals surface area contributed by atoms with E-state index in [0.717, 1.165) is 37.5 Å². The summed E-state index contributed by atoms with van der Waals surface area (Å²) in [6.07, 6.45) is 4.40. The summed E-state index contributed by atoms with van der Waals surface area (Å²) in [4.78, 5) is 6.36. The Hall–Kier alpha value is -2.45. The highest BCUT2D eigenvalue weighted by atomic mass is 16.4. The van der Waals surface area contributed by atoms with Crippen molar-refractivity contribution in [1.29, 1.82) is 0 Å². The van der Waals surface area contributed by atoms with E-state index in [1.807, 2.05) is 17.7 Å². The number of aryl methyl sites for hydroxylation is 1. The highest BCUT2D eigenvalue weighted by Crippen LogP contribution is 2.29. The number of nitrogens with zero attached hydrogens (tertiary/aromatic N) is 5. The molecule has 8 nitrogen and oxygen atoms in total. The molecular weight excluding hydrogens is 310 g/mol. The SMILES string of the molecule is Cn1cncc1-c1nnc([C@H]2CCN(Cc3ccc(CO)o3)C2)o1. The molecule has 4 rings (SSSR count). The molecule has 0 radical (unpaired) electrons. The Bertz CT molecular complexity index is 821. The van der Waals surface area contributed by atoms with Crippen molar-refractivity contribution in [3.05, 3.63) is 42.1 Å². The van der Waals surface area contributed by atoms with Crippen molar-refractivity contribution < 1.29 is 13.9 Å². The lowest BCUT2D eigenvalue weighted by Crippen LogP contribution is -2.19. The van der Waals surface area contributed by atoms with Gasteiger partial charge in [-0.05, 0) is 25.1 Å². The molecule has 0 amide bonds. The molecule has 1 aliphatic rings. The first-order valence-electron chi connectivity index (χ1n) is 7.94. The van der Waals surface area contributed by atoms with Gasteiger partial charge in [-0.2, -0.15) is 0 Å². The van der Waals surface area contributed by atoms with Gasteiger partial charge in [0.25, 0.3) is 5.89 Å². The summed E-state index contributed by atoms with van der Waals surface area (Å²) >= 11 is 0. The normalized spacial score (nSPS) is 18.5. The number of aliphatic hydroxyl groups excluding tert-OH is 1. The summed E-state index contributed by atoms with van der Waals surface area (Å²) in [5, 5.41) is 17.4. The number of imidazole rings is 1. The number of likely N-dealkylation sites (tertiary alicyclic amines) is 1. The van der Waals surface area contributed by atoms with E-state index in [1.54, 1.807) is 18.6 Å². The van der Waals surface area contributed by atoms with Crippen molar-refractivity contribution in [3.8, 4) is 11.6 Å². The first kappa shape index (κ1) is 15.1. The Morgan fingerprint density at radius 2 is 2.12 bits per heavy atom. The lowest BCUT2D eigenvalue weighted by atomic mass is 10.1. The zero-order valence-electron chi connectivity index (χ0n) is 13.4. The van der Waals surface area contributed by atoms with Gasteiger partial charge in [-0.25, -0.2) is 4.98 Å². The highest BCUT2D eigenvalue weighted by Gasteiger charge is 2.29. The molecule has 0 bridgehead atoms. The van der Waals surface area contributed by atoms with Crippen LogP contribution >= 0.6 is 0 Å². The minimum Gasteiger partial charge on any atom is -0.462 e. The van der Waals surface area contributed by atoms with Gasteiger partial charge in [0, 0.05) is 13.6 Å². The molecule has 126 valence electrons. The Labute approximate surface area is 138 Å². The number of hydrogen-bond acceptors (Lipinski definition) is 7. The van der Waals surface area contributed by atoms with E-state index in [4.69, 9.17) is 13.9 Å². The number of aliphatic hydroxyl groups is 1. The fourth-order valence-corrected chi connectivity index (χ4v) is 3.06. The zero-order chi connectivity index (χ0) is 16.5. The molecule has 24 heavy (non-hydrogen) atoms. The fourth-order valence-electron chi connectivity index (χ4n) is 3.06. The van der Waals surface area contributed by atoms with Crippen molar-refractivity contribution in [2.75, 3.05) is 13.1 Å². The van der Waals surface area contributed by atoms with Gasteiger partial charge in [-0.15, -0.1) is 10.2 Å². The summed E-state index contributed by atoms with van der Waals surface area (Å²) in [5.74, 6) is 2.86. The molecule has 0 saturated carbocycles. The molecule has 1 aliphatic heterocycles. The second-order valence-electron chi connectivity index (χ2n) is 6.08. The molecule has 4 heterocycles. The second kappa shape index (κ2) is 6.21. The number of hydrogen-bond donors (Lipinski definition) is 1. The topological polar surface area (TPSA) is 93.4 Å². The van der Waals surface area contributed by atoms with Crippen molar-refractivity contribution in [2.45, 2.75) is 25.5 Å². The van der Waals surface area contributed by atoms with E-state index >= 15 is 0 Å².